The Labute approximate surface area is 166 Å². The molecule has 2 aliphatic rings. The van der Waals surface area contributed by atoms with Gasteiger partial charge in [0, 0.05) is 38.2 Å². The van der Waals surface area contributed by atoms with Crippen LogP contribution >= 0.6 is 0 Å². The predicted molar refractivity (Wildman–Crippen MR) is 100 cm³/mol. The number of hydrogen-bond acceptors (Lipinski definition) is 4. The first-order valence-electron chi connectivity index (χ1n) is 9.39. The smallest absolute Gasteiger partial charge is 0.387 e. The van der Waals surface area contributed by atoms with Crippen molar-refractivity contribution in [2.45, 2.75) is 19.1 Å². The fourth-order valence-corrected chi connectivity index (χ4v) is 3.64. The number of nitrogens with zero attached hydrogens (tertiary/aromatic N) is 2. The lowest BCUT2D eigenvalue weighted by atomic mass is 10.1. The summed E-state index contributed by atoms with van der Waals surface area (Å²) in [5, 5.41) is 0. The quantitative estimate of drug-likeness (QED) is 0.789. The molecule has 1 saturated heterocycles. The molecular formula is C21H20F2N2O4. The summed E-state index contributed by atoms with van der Waals surface area (Å²) in [6.45, 7) is -1.42. The second-order valence-corrected chi connectivity index (χ2v) is 6.94. The topological polar surface area (TPSA) is 59.1 Å². The van der Waals surface area contributed by atoms with Gasteiger partial charge in [-0.1, -0.05) is 24.3 Å². The molecular weight excluding hydrogens is 382 g/mol. The number of piperazine rings is 1. The van der Waals surface area contributed by atoms with Crippen LogP contribution in [-0.4, -0.2) is 60.5 Å². The second-order valence-electron chi connectivity index (χ2n) is 6.94. The normalized spacial score (nSPS) is 18.4. The van der Waals surface area contributed by atoms with Gasteiger partial charge in [-0.15, -0.1) is 0 Å². The van der Waals surface area contributed by atoms with Gasteiger partial charge in [-0.25, -0.2) is 0 Å². The number of alkyl halides is 2. The third kappa shape index (κ3) is 4.16. The van der Waals surface area contributed by atoms with E-state index in [-0.39, 0.29) is 23.1 Å². The Morgan fingerprint density at radius 1 is 1.00 bits per heavy atom. The van der Waals surface area contributed by atoms with E-state index in [4.69, 9.17) is 4.74 Å². The Hall–Kier alpha value is -3.16. The van der Waals surface area contributed by atoms with E-state index in [9.17, 15) is 18.4 Å². The highest BCUT2D eigenvalue weighted by Gasteiger charge is 2.34. The first-order valence-corrected chi connectivity index (χ1v) is 9.39. The standard InChI is InChI=1S/C21H20F2N2O4/c22-21(23)28-16-6-3-5-15(12-16)19(26)24-8-10-25(11-9-24)20(27)18-13-14-4-1-2-7-17(14)29-18/h1-7,12,18,21H,8-11,13H2/t18-/m0/s1. The number of benzene rings is 2. The minimum absolute atomic E-state index is 0.0578. The summed E-state index contributed by atoms with van der Waals surface area (Å²) in [4.78, 5) is 28.8. The molecule has 1 fully saturated rings. The third-order valence-electron chi connectivity index (χ3n) is 5.11. The van der Waals surface area contributed by atoms with Crippen LogP contribution in [0.25, 0.3) is 0 Å². The number of carbonyl (C=O) groups is 2. The molecule has 2 aliphatic heterocycles. The van der Waals surface area contributed by atoms with E-state index in [1.807, 2.05) is 24.3 Å². The molecule has 0 saturated carbocycles. The minimum Gasteiger partial charge on any atom is -0.480 e. The molecule has 2 aromatic rings. The minimum atomic E-state index is -2.95. The summed E-state index contributed by atoms with van der Waals surface area (Å²) < 4.78 is 34.9. The Bertz CT molecular complexity index is 888. The number of hydrogen-bond donors (Lipinski definition) is 0. The maximum atomic E-state index is 12.8. The highest BCUT2D eigenvalue weighted by atomic mass is 19.3. The molecule has 0 unspecified atom stereocenters. The Morgan fingerprint density at radius 3 is 2.45 bits per heavy atom. The van der Waals surface area contributed by atoms with Gasteiger partial charge in [-0.2, -0.15) is 8.78 Å². The monoisotopic (exact) mass is 402 g/mol. The van der Waals surface area contributed by atoms with E-state index in [2.05, 4.69) is 4.74 Å². The summed E-state index contributed by atoms with van der Waals surface area (Å²) in [6, 6.07) is 13.3. The maximum Gasteiger partial charge on any atom is 0.387 e. The van der Waals surface area contributed by atoms with Gasteiger partial charge in [-0.05, 0) is 29.8 Å². The highest BCUT2D eigenvalue weighted by molar-refractivity contribution is 5.95. The summed E-state index contributed by atoms with van der Waals surface area (Å²) in [7, 11) is 0. The highest BCUT2D eigenvalue weighted by Crippen LogP contribution is 2.29. The van der Waals surface area contributed by atoms with Crippen molar-refractivity contribution in [3.8, 4) is 11.5 Å². The number of fused-ring (bicyclic) bond motifs is 1. The molecule has 0 spiro atoms. The SMILES string of the molecule is O=C(c1cccc(OC(F)F)c1)N1CCN(C(=O)[C@@H]2Cc3ccccc3O2)CC1. The van der Waals surface area contributed by atoms with Gasteiger partial charge in [0.2, 0.25) is 0 Å². The zero-order valence-corrected chi connectivity index (χ0v) is 15.6. The van der Waals surface area contributed by atoms with Crippen LogP contribution in [0.4, 0.5) is 8.78 Å². The number of halogens is 2. The Morgan fingerprint density at radius 2 is 1.72 bits per heavy atom. The van der Waals surface area contributed by atoms with Crippen molar-refractivity contribution < 1.29 is 27.8 Å². The Balaban J connectivity index is 1.34. The van der Waals surface area contributed by atoms with Crippen molar-refractivity contribution in [3.63, 3.8) is 0 Å². The van der Waals surface area contributed by atoms with Crippen molar-refractivity contribution in [2.24, 2.45) is 0 Å². The van der Waals surface area contributed by atoms with Crippen molar-refractivity contribution in [1.29, 1.82) is 0 Å². The van der Waals surface area contributed by atoms with Crippen LogP contribution in [-0.2, 0) is 11.2 Å². The van der Waals surface area contributed by atoms with Crippen molar-refractivity contribution in [1.82, 2.24) is 9.80 Å². The zero-order valence-electron chi connectivity index (χ0n) is 15.6. The molecule has 8 heteroatoms. The van der Waals surface area contributed by atoms with Crippen LogP contribution in [0.2, 0.25) is 0 Å². The van der Waals surface area contributed by atoms with Gasteiger partial charge >= 0.3 is 6.61 Å². The maximum absolute atomic E-state index is 12.8. The number of ether oxygens (including phenoxy) is 2. The van der Waals surface area contributed by atoms with Crippen molar-refractivity contribution in [3.05, 3.63) is 59.7 Å². The number of rotatable bonds is 4. The number of amides is 2. The molecule has 152 valence electrons. The molecule has 0 aromatic heterocycles. The first kappa shape index (κ1) is 19.2. The van der Waals surface area contributed by atoms with Crippen molar-refractivity contribution in [2.75, 3.05) is 26.2 Å². The average molecular weight is 402 g/mol. The predicted octanol–water partition coefficient (Wildman–Crippen LogP) is 2.58. The summed E-state index contributed by atoms with van der Waals surface area (Å²) in [5.74, 6) is 0.324. The molecule has 2 amide bonds. The van der Waals surface area contributed by atoms with Gasteiger partial charge in [-0.3, -0.25) is 9.59 Å². The molecule has 2 aromatic carbocycles. The van der Waals surface area contributed by atoms with E-state index in [0.29, 0.717) is 32.6 Å². The lowest BCUT2D eigenvalue weighted by molar-refractivity contribution is -0.139. The van der Waals surface area contributed by atoms with E-state index in [0.717, 1.165) is 11.3 Å². The van der Waals surface area contributed by atoms with E-state index in [1.165, 1.54) is 18.2 Å². The van der Waals surface area contributed by atoms with Crippen LogP contribution in [0.5, 0.6) is 11.5 Å². The van der Waals surface area contributed by atoms with Gasteiger partial charge in [0.1, 0.15) is 11.5 Å². The molecule has 0 N–H and O–H groups in total. The number of para-hydroxylation sites is 1. The molecule has 0 bridgehead atoms. The lowest BCUT2D eigenvalue weighted by Gasteiger charge is -2.35. The molecule has 4 rings (SSSR count). The average Bonchev–Trinajstić information content (AvgIpc) is 3.17. The molecule has 29 heavy (non-hydrogen) atoms. The second kappa shape index (κ2) is 8.06. The van der Waals surface area contributed by atoms with Gasteiger partial charge in [0.25, 0.3) is 11.8 Å². The van der Waals surface area contributed by atoms with Gasteiger partial charge in [0.15, 0.2) is 6.10 Å². The molecule has 6 nitrogen and oxygen atoms in total. The van der Waals surface area contributed by atoms with Crippen LogP contribution in [0.15, 0.2) is 48.5 Å². The van der Waals surface area contributed by atoms with Crippen LogP contribution < -0.4 is 9.47 Å². The molecule has 0 radical (unpaired) electrons. The molecule has 2 heterocycles. The molecule has 0 aliphatic carbocycles. The van der Waals surface area contributed by atoms with Crippen LogP contribution in [0, 0.1) is 0 Å². The number of carbonyl (C=O) groups excluding carboxylic acids is 2. The van der Waals surface area contributed by atoms with E-state index in [1.54, 1.807) is 15.9 Å². The Kier molecular flexibility index (Phi) is 5.33. The summed E-state index contributed by atoms with van der Waals surface area (Å²) in [5.41, 5.74) is 1.29. The largest absolute Gasteiger partial charge is 0.480 e. The fourth-order valence-electron chi connectivity index (χ4n) is 3.64. The summed E-state index contributed by atoms with van der Waals surface area (Å²) in [6.07, 6.45) is 0.0169. The summed E-state index contributed by atoms with van der Waals surface area (Å²) >= 11 is 0. The van der Waals surface area contributed by atoms with E-state index >= 15 is 0 Å². The van der Waals surface area contributed by atoms with E-state index < -0.39 is 12.7 Å². The van der Waals surface area contributed by atoms with Crippen LogP contribution in [0.1, 0.15) is 15.9 Å². The van der Waals surface area contributed by atoms with Gasteiger partial charge < -0.3 is 19.3 Å². The van der Waals surface area contributed by atoms with Gasteiger partial charge in [0.05, 0.1) is 0 Å². The van der Waals surface area contributed by atoms with Crippen molar-refractivity contribution >= 4 is 11.8 Å². The molecule has 1 atom stereocenters. The lowest BCUT2D eigenvalue weighted by Crippen LogP contribution is -2.53. The third-order valence-corrected chi connectivity index (χ3v) is 5.11. The zero-order chi connectivity index (χ0) is 20.4. The fraction of sp³-hybridized carbons (Fsp3) is 0.333. The first-order chi connectivity index (χ1) is 14.0. The van der Waals surface area contributed by atoms with Crippen LogP contribution in [0.3, 0.4) is 0 Å².